The molecule has 2 amide bonds. The summed E-state index contributed by atoms with van der Waals surface area (Å²) in [5.41, 5.74) is -1.60. The Morgan fingerprint density at radius 2 is 1.45 bits per heavy atom. The van der Waals surface area contributed by atoms with Crippen molar-refractivity contribution in [3.05, 3.63) is 99.3 Å². The van der Waals surface area contributed by atoms with Gasteiger partial charge in [-0.15, -0.1) is 0 Å². The van der Waals surface area contributed by atoms with Gasteiger partial charge in [0.05, 0.1) is 18.2 Å². The van der Waals surface area contributed by atoms with Gasteiger partial charge in [-0.2, -0.15) is 5.26 Å². The van der Waals surface area contributed by atoms with Crippen molar-refractivity contribution in [1.82, 2.24) is 0 Å². The molecule has 1 heterocycles. The number of hydrogen-bond donors (Lipinski definition) is 1. The van der Waals surface area contributed by atoms with E-state index < -0.39 is 17.3 Å². The van der Waals surface area contributed by atoms with Crippen molar-refractivity contribution in [3.63, 3.8) is 0 Å². The highest BCUT2D eigenvalue weighted by molar-refractivity contribution is 6.31. The van der Waals surface area contributed by atoms with Crippen LogP contribution in [0, 0.1) is 17.9 Å². The summed E-state index contributed by atoms with van der Waals surface area (Å²) in [5, 5.41) is 22.9. The number of amides is 2. The smallest absolute Gasteiger partial charge is 0.332 e. The summed E-state index contributed by atoms with van der Waals surface area (Å²) >= 11 is 12.1. The Labute approximate surface area is 201 Å². The Balaban J connectivity index is 2.02. The third kappa shape index (κ3) is 3.50. The van der Waals surface area contributed by atoms with E-state index in [1.807, 2.05) is 6.07 Å². The molecule has 1 atom stereocenters. The molecule has 0 spiro atoms. The van der Waals surface area contributed by atoms with Crippen molar-refractivity contribution in [2.24, 2.45) is 0 Å². The zero-order valence-corrected chi connectivity index (χ0v) is 19.3. The zero-order chi connectivity index (χ0) is 24.0. The van der Waals surface area contributed by atoms with E-state index in [-0.39, 0.29) is 16.8 Å². The molecule has 1 N–H and O–H groups in total. The lowest BCUT2D eigenvalue weighted by atomic mass is 9.82. The summed E-state index contributed by atoms with van der Waals surface area (Å²) in [6.07, 6.45) is 0. The lowest BCUT2D eigenvalue weighted by molar-refractivity contribution is -0.00243. The van der Waals surface area contributed by atoms with Gasteiger partial charge < -0.3 is 5.11 Å². The molecule has 1 aliphatic rings. The molecule has 6 nitrogen and oxygen atoms in total. The number of hydrogen-bond acceptors (Lipinski definition) is 3. The number of nitriles is 1. The van der Waals surface area contributed by atoms with Gasteiger partial charge in [0.15, 0.2) is 11.4 Å². The molecule has 4 rings (SSSR count). The summed E-state index contributed by atoms with van der Waals surface area (Å²) in [4.78, 5) is 20.1. The Kier molecular flexibility index (Phi) is 5.56. The van der Waals surface area contributed by atoms with Gasteiger partial charge in [0.1, 0.15) is 0 Å². The number of rotatable bonds is 3. The monoisotopic (exact) mass is 476 g/mol. The van der Waals surface area contributed by atoms with E-state index in [1.54, 1.807) is 62.4 Å². The highest BCUT2D eigenvalue weighted by Crippen LogP contribution is 2.51. The minimum absolute atomic E-state index is 0.182. The van der Waals surface area contributed by atoms with E-state index in [1.165, 1.54) is 28.0 Å². The van der Waals surface area contributed by atoms with Crippen molar-refractivity contribution in [3.8, 4) is 6.07 Å². The van der Waals surface area contributed by atoms with Gasteiger partial charge in [-0.05, 0) is 86.1 Å². The molecule has 1 saturated heterocycles. The summed E-state index contributed by atoms with van der Waals surface area (Å²) in [7, 11) is 0. The summed E-state index contributed by atoms with van der Waals surface area (Å²) in [6.45, 7) is 10.9. The van der Waals surface area contributed by atoms with Crippen LogP contribution in [0.1, 0.15) is 25.0 Å². The van der Waals surface area contributed by atoms with Crippen LogP contribution in [0.2, 0.25) is 10.0 Å². The highest BCUT2D eigenvalue weighted by Gasteiger charge is 2.64. The first-order valence-electron chi connectivity index (χ1n) is 9.94. The minimum Gasteiger partial charge on any atom is -0.365 e. The molecule has 0 radical (unpaired) electrons. The molecule has 0 aromatic heterocycles. The highest BCUT2D eigenvalue weighted by atomic mass is 35.5. The first-order chi connectivity index (χ1) is 15.6. The Morgan fingerprint density at radius 3 is 1.94 bits per heavy atom. The van der Waals surface area contributed by atoms with Gasteiger partial charge in [0.2, 0.25) is 0 Å². The van der Waals surface area contributed by atoms with Crippen LogP contribution in [-0.4, -0.2) is 16.7 Å². The molecule has 1 unspecified atom stereocenters. The maximum absolute atomic E-state index is 13.9. The maximum Gasteiger partial charge on any atom is 0.332 e. The second-order valence-electron chi connectivity index (χ2n) is 8.13. The number of anilines is 2. The second kappa shape index (κ2) is 8.10. The van der Waals surface area contributed by atoms with Gasteiger partial charge in [0, 0.05) is 27.0 Å². The Bertz CT molecular complexity index is 1290. The third-order valence-corrected chi connectivity index (χ3v) is 6.37. The predicted molar refractivity (Wildman–Crippen MR) is 129 cm³/mol. The van der Waals surface area contributed by atoms with Gasteiger partial charge in [0.25, 0.3) is 0 Å². The molecular weight excluding hydrogens is 459 g/mol. The van der Waals surface area contributed by atoms with Gasteiger partial charge in [-0.25, -0.2) is 9.64 Å². The molecule has 0 saturated carbocycles. The predicted octanol–water partition coefficient (Wildman–Crippen LogP) is 6.49. The molecule has 1 aliphatic heterocycles. The number of nitrogens with zero attached hydrogens (tertiary/aromatic N) is 4. The minimum atomic E-state index is -1.94. The van der Waals surface area contributed by atoms with E-state index in [9.17, 15) is 15.2 Å². The number of urea groups is 1. The number of halogens is 2. The number of benzene rings is 3. The lowest BCUT2D eigenvalue weighted by Crippen LogP contribution is -2.56. The lowest BCUT2D eigenvalue weighted by Gasteiger charge is -2.43. The van der Waals surface area contributed by atoms with Crippen LogP contribution in [0.3, 0.4) is 0 Å². The van der Waals surface area contributed by atoms with Crippen molar-refractivity contribution in [2.45, 2.75) is 25.1 Å². The Hall–Kier alpha value is -3.55. The molecule has 3 aromatic rings. The van der Waals surface area contributed by atoms with Crippen LogP contribution in [-0.2, 0) is 5.72 Å². The fourth-order valence-electron chi connectivity index (χ4n) is 4.24. The van der Waals surface area contributed by atoms with Gasteiger partial charge in [-0.3, -0.25) is 9.80 Å². The fourth-order valence-corrected chi connectivity index (χ4v) is 4.49. The molecule has 33 heavy (non-hydrogen) atoms. The fraction of sp³-hybridized carbons (Fsp3) is 0.160. The average molecular weight is 477 g/mol. The van der Waals surface area contributed by atoms with E-state index in [2.05, 4.69) is 4.85 Å². The third-order valence-electron chi connectivity index (χ3n) is 5.87. The molecular formula is C25H18Cl2N4O2. The maximum atomic E-state index is 13.9. The van der Waals surface area contributed by atoms with E-state index in [4.69, 9.17) is 29.8 Å². The summed E-state index contributed by atoms with van der Waals surface area (Å²) in [6, 6.07) is 19.2. The molecule has 0 bridgehead atoms. The van der Waals surface area contributed by atoms with E-state index in [0.29, 0.717) is 21.4 Å². The van der Waals surface area contributed by atoms with Crippen LogP contribution >= 0.6 is 23.2 Å². The van der Waals surface area contributed by atoms with E-state index >= 15 is 0 Å². The Morgan fingerprint density at radius 1 is 0.939 bits per heavy atom. The summed E-state index contributed by atoms with van der Waals surface area (Å²) in [5.74, 6) is 0. The molecule has 1 fully saturated rings. The van der Waals surface area contributed by atoms with Crippen LogP contribution in [0.25, 0.3) is 4.85 Å². The first kappa shape index (κ1) is 22.6. The standard InChI is InChI=1S/C25H18Cl2N4O2/c1-24(2)25(33,17-12-16(15-28)13-20(14-17)29-3)31(22-10-6-19(27)7-11-22)23(32)30(24)21-8-4-18(26)5-9-21/h4-14,33H,1-2H3. The number of carbonyl (C=O) groups is 1. The SMILES string of the molecule is [C-]#[N+]c1cc(C#N)cc(C2(O)N(c3ccc(Cl)cc3)C(=O)N(c3ccc(Cl)cc3)C2(C)C)c1. The van der Waals surface area contributed by atoms with Gasteiger partial charge >= 0.3 is 6.03 Å². The molecule has 8 heteroatoms. The normalized spacial score (nSPS) is 19.3. The average Bonchev–Trinajstić information content (AvgIpc) is 2.96. The van der Waals surface area contributed by atoms with Crippen molar-refractivity contribution in [1.29, 1.82) is 5.26 Å². The number of aliphatic hydroxyl groups is 1. The summed E-state index contributed by atoms with van der Waals surface area (Å²) < 4.78 is 0. The molecule has 3 aromatic carbocycles. The van der Waals surface area contributed by atoms with Crippen molar-refractivity contribution < 1.29 is 9.90 Å². The van der Waals surface area contributed by atoms with E-state index in [0.717, 1.165) is 0 Å². The van der Waals surface area contributed by atoms with Crippen LogP contribution < -0.4 is 9.80 Å². The first-order valence-corrected chi connectivity index (χ1v) is 10.7. The van der Waals surface area contributed by atoms with Crippen molar-refractivity contribution >= 4 is 46.3 Å². The van der Waals surface area contributed by atoms with Crippen LogP contribution in [0.5, 0.6) is 0 Å². The quantitative estimate of drug-likeness (QED) is 0.439. The topological polar surface area (TPSA) is 71.9 Å². The number of carbonyl (C=O) groups excluding carboxylic acids is 1. The van der Waals surface area contributed by atoms with Crippen LogP contribution in [0.4, 0.5) is 21.9 Å². The van der Waals surface area contributed by atoms with Gasteiger partial charge in [-0.1, -0.05) is 23.2 Å². The molecule has 164 valence electrons. The van der Waals surface area contributed by atoms with Crippen molar-refractivity contribution in [2.75, 3.05) is 9.80 Å². The second-order valence-corrected chi connectivity index (χ2v) is 9.00. The van der Waals surface area contributed by atoms with Crippen LogP contribution in [0.15, 0.2) is 66.7 Å². The largest absolute Gasteiger partial charge is 0.365 e. The molecule has 0 aliphatic carbocycles. The zero-order valence-electron chi connectivity index (χ0n) is 17.8.